The van der Waals surface area contributed by atoms with Crippen molar-refractivity contribution in [2.45, 2.75) is 19.8 Å². The molecule has 0 spiro atoms. The van der Waals surface area contributed by atoms with Gasteiger partial charge in [-0.15, -0.1) is 0 Å². The molecule has 1 aliphatic rings. The average Bonchev–Trinajstić information content (AvgIpc) is 2.29. The number of aliphatic hydroxyl groups is 1. The summed E-state index contributed by atoms with van der Waals surface area (Å²) in [6.07, 6.45) is 4.02. The van der Waals surface area contributed by atoms with Crippen LogP contribution in [-0.4, -0.2) is 34.8 Å². The van der Waals surface area contributed by atoms with Crippen LogP contribution in [0.15, 0.2) is 12.3 Å². The Labute approximate surface area is 90.0 Å². The van der Waals surface area contributed by atoms with Gasteiger partial charge in [0, 0.05) is 31.6 Å². The fourth-order valence-corrected chi connectivity index (χ4v) is 1.98. The summed E-state index contributed by atoms with van der Waals surface area (Å²) in [6, 6.07) is 1.90. The van der Waals surface area contributed by atoms with Crippen molar-refractivity contribution in [2.24, 2.45) is 5.92 Å². The molecule has 1 saturated heterocycles. The van der Waals surface area contributed by atoms with Crippen molar-refractivity contribution in [2.75, 3.05) is 24.6 Å². The first-order chi connectivity index (χ1) is 7.29. The predicted molar refractivity (Wildman–Crippen MR) is 58.8 cm³/mol. The molecule has 2 heterocycles. The van der Waals surface area contributed by atoms with Gasteiger partial charge >= 0.3 is 0 Å². The number of nitrogens with zero attached hydrogens (tertiary/aromatic N) is 3. The molecule has 1 aromatic rings. The van der Waals surface area contributed by atoms with E-state index in [1.807, 2.05) is 13.0 Å². The van der Waals surface area contributed by atoms with Gasteiger partial charge in [0.1, 0.15) is 0 Å². The molecule has 1 aromatic heterocycles. The summed E-state index contributed by atoms with van der Waals surface area (Å²) in [5.74, 6) is 1.18. The second-order valence-corrected chi connectivity index (χ2v) is 4.13. The molecular formula is C11H17N3O. The van der Waals surface area contributed by atoms with E-state index in [1.54, 1.807) is 6.20 Å². The first kappa shape index (κ1) is 10.4. The Morgan fingerprint density at radius 3 is 3.20 bits per heavy atom. The number of aliphatic hydroxyl groups excluding tert-OH is 1. The van der Waals surface area contributed by atoms with E-state index in [0.29, 0.717) is 5.92 Å². The van der Waals surface area contributed by atoms with E-state index in [1.165, 1.54) is 0 Å². The highest BCUT2D eigenvalue weighted by molar-refractivity contribution is 5.30. The zero-order valence-electron chi connectivity index (χ0n) is 9.06. The highest BCUT2D eigenvalue weighted by atomic mass is 16.3. The molecule has 82 valence electrons. The third-order valence-electron chi connectivity index (χ3n) is 2.84. The smallest absolute Gasteiger partial charge is 0.225 e. The Kier molecular flexibility index (Phi) is 3.16. The van der Waals surface area contributed by atoms with Crippen molar-refractivity contribution in [3.8, 4) is 0 Å². The first-order valence-electron chi connectivity index (χ1n) is 5.45. The minimum atomic E-state index is 0.266. The van der Waals surface area contributed by atoms with Gasteiger partial charge in [-0.05, 0) is 31.7 Å². The molecule has 4 nitrogen and oxygen atoms in total. The molecule has 0 radical (unpaired) electrons. The molecule has 4 heteroatoms. The van der Waals surface area contributed by atoms with Crippen LogP contribution in [0.1, 0.15) is 18.5 Å². The summed E-state index contributed by atoms with van der Waals surface area (Å²) in [5.41, 5.74) is 0.992. The van der Waals surface area contributed by atoms with Gasteiger partial charge in [-0.3, -0.25) is 0 Å². The number of anilines is 1. The van der Waals surface area contributed by atoms with E-state index in [0.717, 1.165) is 37.6 Å². The minimum Gasteiger partial charge on any atom is -0.396 e. The van der Waals surface area contributed by atoms with Crippen LogP contribution in [0.3, 0.4) is 0 Å². The largest absolute Gasteiger partial charge is 0.396 e. The highest BCUT2D eigenvalue weighted by Crippen LogP contribution is 2.19. The molecule has 0 saturated carbocycles. The van der Waals surface area contributed by atoms with Gasteiger partial charge in [-0.1, -0.05) is 0 Å². The topological polar surface area (TPSA) is 49.2 Å². The van der Waals surface area contributed by atoms with Crippen LogP contribution in [0, 0.1) is 12.8 Å². The number of aryl methyl sites for hydroxylation is 1. The lowest BCUT2D eigenvalue weighted by Crippen LogP contribution is -2.37. The minimum absolute atomic E-state index is 0.266. The highest BCUT2D eigenvalue weighted by Gasteiger charge is 2.20. The maximum absolute atomic E-state index is 9.14. The fraction of sp³-hybridized carbons (Fsp3) is 0.636. The van der Waals surface area contributed by atoms with Gasteiger partial charge in [-0.2, -0.15) is 0 Å². The summed E-state index contributed by atoms with van der Waals surface area (Å²) in [7, 11) is 0. The number of aromatic nitrogens is 2. The molecule has 1 unspecified atom stereocenters. The zero-order chi connectivity index (χ0) is 10.7. The van der Waals surface area contributed by atoms with Crippen LogP contribution < -0.4 is 4.90 Å². The Bertz CT molecular complexity index is 329. The van der Waals surface area contributed by atoms with Crippen molar-refractivity contribution in [1.82, 2.24) is 9.97 Å². The lowest BCUT2D eigenvalue weighted by Gasteiger charge is -2.31. The number of rotatable bonds is 2. The molecule has 2 rings (SSSR count). The zero-order valence-corrected chi connectivity index (χ0v) is 9.06. The van der Waals surface area contributed by atoms with E-state index in [4.69, 9.17) is 5.11 Å². The number of hydrogen-bond donors (Lipinski definition) is 1. The third-order valence-corrected chi connectivity index (χ3v) is 2.84. The van der Waals surface area contributed by atoms with Gasteiger partial charge < -0.3 is 10.0 Å². The summed E-state index contributed by atoms with van der Waals surface area (Å²) in [5, 5.41) is 9.14. The Balaban J connectivity index is 2.09. The number of piperidine rings is 1. The van der Waals surface area contributed by atoms with E-state index in [9.17, 15) is 0 Å². The van der Waals surface area contributed by atoms with Crippen LogP contribution in [0.4, 0.5) is 5.95 Å². The Hall–Kier alpha value is -1.16. The van der Waals surface area contributed by atoms with E-state index in [2.05, 4.69) is 14.9 Å². The molecule has 1 aliphatic heterocycles. The maximum atomic E-state index is 9.14. The van der Waals surface area contributed by atoms with E-state index >= 15 is 0 Å². The van der Waals surface area contributed by atoms with Gasteiger partial charge in [-0.25, -0.2) is 9.97 Å². The van der Waals surface area contributed by atoms with Crippen molar-refractivity contribution in [3.05, 3.63) is 18.0 Å². The molecule has 1 fully saturated rings. The van der Waals surface area contributed by atoms with Gasteiger partial charge in [0.15, 0.2) is 0 Å². The monoisotopic (exact) mass is 207 g/mol. The van der Waals surface area contributed by atoms with Crippen LogP contribution in [-0.2, 0) is 0 Å². The molecule has 1 atom stereocenters. The predicted octanol–water partition coefficient (Wildman–Crippen LogP) is 0.994. The SMILES string of the molecule is Cc1ccnc(N2CCCC(CO)C2)n1. The van der Waals surface area contributed by atoms with Gasteiger partial charge in [0.25, 0.3) is 0 Å². The molecule has 0 aliphatic carbocycles. The second-order valence-electron chi connectivity index (χ2n) is 4.13. The lowest BCUT2D eigenvalue weighted by molar-refractivity contribution is 0.208. The quantitative estimate of drug-likeness (QED) is 0.785. The summed E-state index contributed by atoms with van der Waals surface area (Å²) in [6.45, 7) is 4.11. The average molecular weight is 207 g/mol. The summed E-state index contributed by atoms with van der Waals surface area (Å²) in [4.78, 5) is 10.8. The number of hydrogen-bond acceptors (Lipinski definition) is 4. The molecule has 1 N–H and O–H groups in total. The van der Waals surface area contributed by atoms with Crippen LogP contribution >= 0.6 is 0 Å². The normalized spacial score (nSPS) is 21.7. The lowest BCUT2D eigenvalue weighted by atomic mass is 9.99. The van der Waals surface area contributed by atoms with Crippen LogP contribution in [0.2, 0.25) is 0 Å². The van der Waals surface area contributed by atoms with Crippen molar-refractivity contribution >= 4 is 5.95 Å². The fourth-order valence-electron chi connectivity index (χ4n) is 1.98. The Morgan fingerprint density at radius 1 is 1.60 bits per heavy atom. The molecule has 15 heavy (non-hydrogen) atoms. The molecule has 0 amide bonds. The van der Waals surface area contributed by atoms with Crippen molar-refractivity contribution < 1.29 is 5.11 Å². The van der Waals surface area contributed by atoms with Gasteiger partial charge in [0.05, 0.1) is 0 Å². The molecule has 0 aromatic carbocycles. The molecule has 0 bridgehead atoms. The Morgan fingerprint density at radius 2 is 2.47 bits per heavy atom. The third kappa shape index (κ3) is 2.45. The maximum Gasteiger partial charge on any atom is 0.225 e. The standard InChI is InChI=1S/C11H17N3O/c1-9-4-5-12-11(13-9)14-6-2-3-10(7-14)8-15/h4-5,10,15H,2-3,6-8H2,1H3. The van der Waals surface area contributed by atoms with Gasteiger partial charge in [0.2, 0.25) is 5.95 Å². The van der Waals surface area contributed by atoms with E-state index in [-0.39, 0.29) is 6.61 Å². The van der Waals surface area contributed by atoms with Crippen molar-refractivity contribution in [3.63, 3.8) is 0 Å². The van der Waals surface area contributed by atoms with Crippen LogP contribution in [0.25, 0.3) is 0 Å². The van der Waals surface area contributed by atoms with Crippen molar-refractivity contribution in [1.29, 1.82) is 0 Å². The summed E-state index contributed by atoms with van der Waals surface area (Å²) < 4.78 is 0. The van der Waals surface area contributed by atoms with Crippen LogP contribution in [0.5, 0.6) is 0 Å². The molecular weight excluding hydrogens is 190 g/mol. The summed E-state index contributed by atoms with van der Waals surface area (Å²) >= 11 is 0. The van der Waals surface area contributed by atoms with E-state index < -0.39 is 0 Å². The second kappa shape index (κ2) is 4.57. The first-order valence-corrected chi connectivity index (χ1v) is 5.45.